The van der Waals surface area contributed by atoms with Crippen LogP contribution >= 0.6 is 0 Å². The van der Waals surface area contributed by atoms with Crippen molar-refractivity contribution in [2.75, 3.05) is 36.3 Å². The van der Waals surface area contributed by atoms with E-state index in [0.29, 0.717) is 58.8 Å². The van der Waals surface area contributed by atoms with Crippen LogP contribution in [0.4, 0.5) is 26.2 Å². The van der Waals surface area contributed by atoms with Crippen LogP contribution in [0, 0.1) is 17.1 Å². The number of aromatic nitrogens is 1. The van der Waals surface area contributed by atoms with Gasteiger partial charge in [0.25, 0.3) is 0 Å². The number of methoxy groups -OCH3 is 1. The van der Waals surface area contributed by atoms with E-state index in [1.165, 1.54) is 18.3 Å². The zero-order chi connectivity index (χ0) is 28.1. The van der Waals surface area contributed by atoms with Gasteiger partial charge in [0.1, 0.15) is 35.7 Å². The number of anilines is 3. The highest BCUT2D eigenvalue weighted by molar-refractivity contribution is 6.00. The first-order chi connectivity index (χ1) is 19.4. The lowest BCUT2D eigenvalue weighted by Crippen LogP contribution is -2.21. The smallest absolute Gasteiger partial charge is 0.323 e. The third kappa shape index (κ3) is 5.92. The second-order valence-corrected chi connectivity index (χ2v) is 8.87. The number of nitrogens with one attached hydrogen (secondary N) is 3. The van der Waals surface area contributed by atoms with Gasteiger partial charge in [0, 0.05) is 48.6 Å². The molecule has 0 fully saturated rings. The maximum atomic E-state index is 14.9. The number of carbonyl (C=O) groups excluding carboxylic acids is 2. The van der Waals surface area contributed by atoms with Crippen LogP contribution in [0.2, 0.25) is 0 Å². The van der Waals surface area contributed by atoms with Gasteiger partial charge in [-0.25, -0.2) is 9.18 Å². The van der Waals surface area contributed by atoms with Crippen molar-refractivity contribution in [3.05, 3.63) is 77.7 Å². The molecule has 0 unspecified atom stereocenters. The van der Waals surface area contributed by atoms with E-state index < -0.39 is 11.8 Å². The summed E-state index contributed by atoms with van der Waals surface area (Å²) in [5, 5.41) is 18.1. The highest BCUT2D eigenvalue weighted by Crippen LogP contribution is 2.34. The average Bonchev–Trinajstić information content (AvgIpc) is 2.94. The third-order valence-electron chi connectivity index (χ3n) is 6.14. The standard InChI is InChI=1S/C29H24FN5O5/c1-38-10-11-39-27-15-25-21(13-18(27)16-31)26(8-9-32-25)40-20-4-6-24(22(30)14-20)35-29(37)33-19-3-5-23-17(12-19)2-7-28(36)34-23/h3-6,8-9,12-15H,2,7,10-11H2,1H3,(H,34,36)(H2,33,35,37). The zero-order valence-corrected chi connectivity index (χ0v) is 21.4. The van der Waals surface area contributed by atoms with Crippen LogP contribution in [0.25, 0.3) is 10.9 Å². The first kappa shape index (κ1) is 26.4. The lowest BCUT2D eigenvalue weighted by atomic mass is 10.0. The zero-order valence-electron chi connectivity index (χ0n) is 21.4. The number of benzene rings is 3. The summed E-state index contributed by atoms with van der Waals surface area (Å²) < 4.78 is 31.4. The molecule has 4 aromatic rings. The number of fused-ring (bicyclic) bond motifs is 2. The number of nitrogens with zero attached hydrogens (tertiary/aromatic N) is 2. The predicted molar refractivity (Wildman–Crippen MR) is 146 cm³/mol. The number of aryl methyl sites for hydroxylation is 1. The molecule has 0 aliphatic carbocycles. The number of carbonyl (C=O) groups is 2. The van der Waals surface area contributed by atoms with Crippen LogP contribution in [0.15, 0.2) is 60.8 Å². The molecule has 11 heteroatoms. The SMILES string of the molecule is COCCOc1cc2nccc(Oc3ccc(NC(=O)Nc4ccc5c(c4)CCC(=O)N5)c(F)c3)c2cc1C#N. The molecular formula is C29H24FN5O5. The minimum absolute atomic E-state index is 0.0423. The summed E-state index contributed by atoms with van der Waals surface area (Å²) in [5.41, 5.74) is 2.92. The van der Waals surface area contributed by atoms with E-state index in [2.05, 4.69) is 27.0 Å². The second kappa shape index (κ2) is 11.7. The molecule has 0 bridgehead atoms. The lowest BCUT2D eigenvalue weighted by molar-refractivity contribution is -0.116. The van der Waals surface area contributed by atoms with Gasteiger partial charge in [-0.2, -0.15) is 5.26 Å². The van der Waals surface area contributed by atoms with E-state index in [0.717, 1.165) is 11.6 Å². The number of pyridine rings is 1. The maximum absolute atomic E-state index is 14.9. The molecule has 0 radical (unpaired) electrons. The predicted octanol–water partition coefficient (Wildman–Crippen LogP) is 5.59. The fraction of sp³-hybridized carbons (Fsp3) is 0.172. The molecule has 1 aromatic heterocycles. The number of halogens is 1. The number of hydrogen-bond acceptors (Lipinski definition) is 7. The van der Waals surface area contributed by atoms with Crippen LogP contribution in [0.5, 0.6) is 17.2 Å². The number of amides is 3. The van der Waals surface area contributed by atoms with Crippen molar-refractivity contribution in [2.24, 2.45) is 0 Å². The van der Waals surface area contributed by atoms with Gasteiger partial charge in [-0.3, -0.25) is 9.78 Å². The molecule has 40 heavy (non-hydrogen) atoms. The summed E-state index contributed by atoms with van der Waals surface area (Å²) in [4.78, 5) is 28.4. The summed E-state index contributed by atoms with van der Waals surface area (Å²) in [6.07, 6.45) is 2.48. The Morgan fingerprint density at radius 2 is 1.95 bits per heavy atom. The maximum Gasteiger partial charge on any atom is 0.323 e. The largest absolute Gasteiger partial charge is 0.490 e. The molecule has 0 saturated heterocycles. The summed E-state index contributed by atoms with van der Waals surface area (Å²) in [7, 11) is 1.56. The third-order valence-corrected chi connectivity index (χ3v) is 6.14. The van der Waals surface area contributed by atoms with Crippen molar-refractivity contribution in [3.8, 4) is 23.3 Å². The Hall–Kier alpha value is -5.21. The number of rotatable bonds is 8. The first-order valence-corrected chi connectivity index (χ1v) is 12.4. The van der Waals surface area contributed by atoms with Gasteiger partial charge in [0.15, 0.2) is 0 Å². The van der Waals surface area contributed by atoms with E-state index >= 15 is 0 Å². The fourth-order valence-electron chi connectivity index (χ4n) is 4.21. The highest BCUT2D eigenvalue weighted by atomic mass is 19.1. The fourth-order valence-corrected chi connectivity index (χ4v) is 4.21. The quantitative estimate of drug-likeness (QED) is 0.248. The van der Waals surface area contributed by atoms with Crippen LogP contribution in [0.1, 0.15) is 17.5 Å². The van der Waals surface area contributed by atoms with Gasteiger partial charge in [0.05, 0.1) is 23.4 Å². The summed E-state index contributed by atoms with van der Waals surface area (Å²) in [6, 6.07) is 15.5. The lowest BCUT2D eigenvalue weighted by Gasteiger charge is -2.18. The summed E-state index contributed by atoms with van der Waals surface area (Å²) in [6.45, 7) is 0.643. The minimum atomic E-state index is -0.703. The molecule has 2 heterocycles. The highest BCUT2D eigenvalue weighted by Gasteiger charge is 2.16. The van der Waals surface area contributed by atoms with Crippen molar-refractivity contribution in [1.82, 2.24) is 4.98 Å². The van der Waals surface area contributed by atoms with Crippen molar-refractivity contribution in [2.45, 2.75) is 12.8 Å². The Morgan fingerprint density at radius 3 is 2.75 bits per heavy atom. The van der Waals surface area contributed by atoms with Crippen LogP contribution in [0.3, 0.4) is 0 Å². The summed E-state index contributed by atoms with van der Waals surface area (Å²) in [5.74, 6) is 0.178. The number of hydrogen-bond donors (Lipinski definition) is 3. The Kier molecular flexibility index (Phi) is 7.70. The monoisotopic (exact) mass is 541 g/mol. The second-order valence-electron chi connectivity index (χ2n) is 8.87. The molecule has 0 spiro atoms. The molecular weight excluding hydrogens is 517 g/mol. The average molecular weight is 542 g/mol. The Morgan fingerprint density at radius 1 is 1.07 bits per heavy atom. The van der Waals surface area contributed by atoms with E-state index in [-0.39, 0.29) is 24.0 Å². The van der Waals surface area contributed by atoms with Crippen molar-refractivity contribution < 1.29 is 28.2 Å². The van der Waals surface area contributed by atoms with Crippen LogP contribution in [-0.4, -0.2) is 37.2 Å². The summed E-state index contributed by atoms with van der Waals surface area (Å²) >= 11 is 0. The van der Waals surface area contributed by atoms with Gasteiger partial charge >= 0.3 is 6.03 Å². The molecule has 3 aromatic carbocycles. The number of urea groups is 1. The van der Waals surface area contributed by atoms with E-state index in [4.69, 9.17) is 14.2 Å². The van der Waals surface area contributed by atoms with Crippen molar-refractivity contribution >= 4 is 39.9 Å². The van der Waals surface area contributed by atoms with E-state index in [9.17, 15) is 19.2 Å². The molecule has 0 atom stereocenters. The Labute approximate surface area is 228 Å². The molecule has 3 N–H and O–H groups in total. The molecule has 202 valence electrons. The molecule has 5 rings (SSSR count). The first-order valence-electron chi connectivity index (χ1n) is 12.4. The normalized spacial score (nSPS) is 12.2. The van der Waals surface area contributed by atoms with Gasteiger partial charge in [-0.15, -0.1) is 0 Å². The molecule has 1 aliphatic heterocycles. The molecule has 1 aliphatic rings. The van der Waals surface area contributed by atoms with Gasteiger partial charge in [-0.1, -0.05) is 0 Å². The van der Waals surface area contributed by atoms with Crippen LogP contribution < -0.4 is 25.4 Å². The van der Waals surface area contributed by atoms with Gasteiger partial charge in [0.2, 0.25) is 5.91 Å². The van der Waals surface area contributed by atoms with E-state index in [1.54, 1.807) is 43.5 Å². The van der Waals surface area contributed by atoms with Gasteiger partial charge in [-0.05, 0) is 54.4 Å². The number of nitriles is 1. The van der Waals surface area contributed by atoms with Gasteiger partial charge < -0.3 is 30.2 Å². The molecule has 0 saturated carbocycles. The molecule has 10 nitrogen and oxygen atoms in total. The number of ether oxygens (including phenoxy) is 3. The van der Waals surface area contributed by atoms with Crippen molar-refractivity contribution in [3.63, 3.8) is 0 Å². The molecule has 3 amide bonds. The minimum Gasteiger partial charge on any atom is -0.490 e. The Balaban J connectivity index is 1.28. The van der Waals surface area contributed by atoms with E-state index in [1.807, 2.05) is 0 Å². The Bertz CT molecular complexity index is 1650. The topological polar surface area (TPSA) is 135 Å². The van der Waals surface area contributed by atoms with Crippen LogP contribution in [-0.2, 0) is 16.0 Å². The van der Waals surface area contributed by atoms with Crippen molar-refractivity contribution in [1.29, 1.82) is 5.26 Å².